The molecule has 8 heteroatoms. The topological polar surface area (TPSA) is 66.0 Å². The van der Waals surface area contributed by atoms with E-state index in [2.05, 4.69) is 26.2 Å². The maximum atomic E-state index is 9.09. The molecular formula is C21H21ClIN5S. The molecule has 0 saturated carbocycles. The summed E-state index contributed by atoms with van der Waals surface area (Å²) in [6.07, 6.45) is 0. The Bertz CT molecular complexity index is 1070. The van der Waals surface area contributed by atoms with Crippen LogP contribution in [0.1, 0.15) is 25.5 Å². The summed E-state index contributed by atoms with van der Waals surface area (Å²) in [7, 11) is 0. The standard InChI is InChI=1S/C20H14ClN5S.CH4.HI.H2/c1-12-8-14(11-22)9-13(2)19(12)27-18-10-17(21)25-20(26-18)24-16-6-4-15(23-3)5-7-16;;;/h4-10H,1-2H3,(H,24,25,26);1H4;2*1H. The number of nitrogens with zero attached hydrogens (tertiary/aromatic N) is 4. The molecule has 150 valence electrons. The van der Waals surface area contributed by atoms with Gasteiger partial charge in [0, 0.05) is 18.1 Å². The number of rotatable bonds is 4. The quantitative estimate of drug-likeness (QED) is 0.211. The van der Waals surface area contributed by atoms with Gasteiger partial charge in [0.2, 0.25) is 5.95 Å². The van der Waals surface area contributed by atoms with E-state index in [-0.39, 0.29) is 32.8 Å². The molecule has 0 amide bonds. The van der Waals surface area contributed by atoms with Gasteiger partial charge in [0.05, 0.1) is 18.2 Å². The van der Waals surface area contributed by atoms with E-state index in [1.807, 2.05) is 26.0 Å². The van der Waals surface area contributed by atoms with Crippen LogP contribution in [0.15, 0.2) is 52.4 Å². The van der Waals surface area contributed by atoms with Crippen molar-refractivity contribution in [1.29, 1.82) is 5.26 Å². The fourth-order valence-electron chi connectivity index (χ4n) is 2.53. The first-order valence-corrected chi connectivity index (χ1v) is 9.16. The number of hydrogen-bond acceptors (Lipinski definition) is 5. The number of benzene rings is 2. The Balaban J connectivity index is 0.00000280. The third kappa shape index (κ3) is 6.33. The summed E-state index contributed by atoms with van der Waals surface area (Å²) in [5.74, 6) is 0.379. The number of aryl methyl sites for hydroxylation is 2. The van der Waals surface area contributed by atoms with Gasteiger partial charge in [-0.2, -0.15) is 5.26 Å². The van der Waals surface area contributed by atoms with E-state index >= 15 is 0 Å². The molecule has 5 nitrogen and oxygen atoms in total. The van der Waals surface area contributed by atoms with Gasteiger partial charge in [-0.15, -0.1) is 24.0 Å². The lowest BCUT2D eigenvalue weighted by atomic mass is 10.1. The summed E-state index contributed by atoms with van der Waals surface area (Å²) in [6, 6.07) is 14.6. The van der Waals surface area contributed by atoms with E-state index in [0.29, 0.717) is 27.4 Å². The SMILES string of the molecule is C.I.[C-]#[N+]c1ccc(Nc2nc(Cl)cc(Sc3c(C)cc(C#N)cc3C)n2)cc1.[HH]. The van der Waals surface area contributed by atoms with Crippen LogP contribution in [-0.2, 0) is 0 Å². The Morgan fingerprint density at radius 3 is 2.31 bits per heavy atom. The maximum absolute atomic E-state index is 9.09. The minimum absolute atomic E-state index is 0. The smallest absolute Gasteiger partial charge is 0.229 e. The molecule has 1 heterocycles. The van der Waals surface area contributed by atoms with Crippen LogP contribution in [0.25, 0.3) is 4.85 Å². The highest BCUT2D eigenvalue weighted by Gasteiger charge is 2.11. The first kappa shape index (κ1) is 24.7. The van der Waals surface area contributed by atoms with Crippen molar-refractivity contribution in [2.24, 2.45) is 0 Å². The van der Waals surface area contributed by atoms with Crippen LogP contribution in [0.3, 0.4) is 0 Å². The van der Waals surface area contributed by atoms with Crippen molar-refractivity contribution in [3.63, 3.8) is 0 Å². The Morgan fingerprint density at radius 2 is 1.76 bits per heavy atom. The van der Waals surface area contributed by atoms with Crippen LogP contribution in [0.4, 0.5) is 17.3 Å². The van der Waals surface area contributed by atoms with Crippen LogP contribution >= 0.6 is 47.3 Å². The second kappa shape index (κ2) is 11.0. The largest absolute Gasteiger partial charge is 0.324 e. The number of anilines is 2. The second-order valence-corrected chi connectivity index (χ2v) is 7.21. The molecule has 0 aliphatic rings. The highest BCUT2D eigenvalue weighted by Crippen LogP contribution is 2.34. The predicted molar refractivity (Wildman–Crippen MR) is 132 cm³/mol. The molecule has 1 aromatic heterocycles. The lowest BCUT2D eigenvalue weighted by Gasteiger charge is -2.11. The van der Waals surface area contributed by atoms with Gasteiger partial charge in [-0.1, -0.05) is 42.9 Å². The molecule has 3 aromatic rings. The number of aromatic nitrogens is 2. The van der Waals surface area contributed by atoms with Gasteiger partial charge in [0.15, 0.2) is 5.69 Å². The van der Waals surface area contributed by atoms with Gasteiger partial charge < -0.3 is 5.32 Å². The summed E-state index contributed by atoms with van der Waals surface area (Å²) in [4.78, 5) is 13.1. The molecular weight excluding hydrogens is 517 g/mol. The van der Waals surface area contributed by atoms with Crippen molar-refractivity contribution >= 4 is 64.7 Å². The molecule has 0 spiro atoms. The number of nitriles is 1. The zero-order chi connectivity index (χ0) is 19.4. The van der Waals surface area contributed by atoms with E-state index in [9.17, 15) is 0 Å². The Kier molecular flexibility index (Phi) is 9.38. The van der Waals surface area contributed by atoms with Gasteiger partial charge in [-0.05, 0) is 49.2 Å². The Morgan fingerprint density at radius 1 is 1.14 bits per heavy atom. The molecule has 1 N–H and O–H groups in total. The minimum Gasteiger partial charge on any atom is -0.324 e. The molecule has 0 aliphatic heterocycles. The molecule has 0 radical (unpaired) electrons. The molecule has 29 heavy (non-hydrogen) atoms. The van der Waals surface area contributed by atoms with Crippen molar-refractivity contribution < 1.29 is 1.43 Å². The average molecular weight is 538 g/mol. The second-order valence-electron chi connectivity index (χ2n) is 5.79. The third-order valence-corrected chi connectivity index (χ3v) is 5.18. The highest BCUT2D eigenvalue weighted by atomic mass is 127. The normalized spacial score (nSPS) is 9.41. The zero-order valence-electron chi connectivity index (χ0n) is 15.0. The van der Waals surface area contributed by atoms with Gasteiger partial charge in [0.1, 0.15) is 10.2 Å². The fraction of sp³-hybridized carbons (Fsp3) is 0.143. The van der Waals surface area contributed by atoms with E-state index < -0.39 is 0 Å². The van der Waals surface area contributed by atoms with Crippen LogP contribution < -0.4 is 5.32 Å². The van der Waals surface area contributed by atoms with E-state index in [1.165, 1.54) is 11.8 Å². The van der Waals surface area contributed by atoms with Crippen molar-refractivity contribution in [3.05, 3.63) is 75.7 Å². The first-order valence-electron chi connectivity index (χ1n) is 7.97. The van der Waals surface area contributed by atoms with Crippen molar-refractivity contribution in [2.75, 3.05) is 5.32 Å². The number of nitrogens with one attached hydrogen (secondary N) is 1. The van der Waals surface area contributed by atoms with Gasteiger partial charge in [-0.3, -0.25) is 0 Å². The average Bonchev–Trinajstić information content (AvgIpc) is 2.64. The van der Waals surface area contributed by atoms with Crippen LogP contribution in [0.5, 0.6) is 0 Å². The summed E-state index contributed by atoms with van der Waals surface area (Å²) < 4.78 is 0. The highest BCUT2D eigenvalue weighted by molar-refractivity contribution is 14.0. The summed E-state index contributed by atoms with van der Waals surface area (Å²) in [5, 5.41) is 13.2. The maximum Gasteiger partial charge on any atom is 0.229 e. The Hall–Kier alpha value is -2.33. The van der Waals surface area contributed by atoms with Gasteiger partial charge >= 0.3 is 0 Å². The van der Waals surface area contributed by atoms with Gasteiger partial charge in [0.25, 0.3) is 0 Å². The minimum atomic E-state index is 0. The third-order valence-electron chi connectivity index (χ3n) is 3.72. The molecule has 0 unspecified atom stereocenters. The van der Waals surface area contributed by atoms with Crippen molar-refractivity contribution in [3.8, 4) is 6.07 Å². The summed E-state index contributed by atoms with van der Waals surface area (Å²) in [6.45, 7) is 10.9. The number of hydrogen-bond donors (Lipinski definition) is 1. The molecule has 2 aromatic carbocycles. The number of halogens is 2. The molecule has 0 aliphatic carbocycles. The summed E-state index contributed by atoms with van der Waals surface area (Å²) in [5.41, 5.74) is 3.99. The Labute approximate surface area is 198 Å². The van der Waals surface area contributed by atoms with Crippen LogP contribution in [0.2, 0.25) is 5.15 Å². The van der Waals surface area contributed by atoms with Crippen LogP contribution in [0, 0.1) is 31.8 Å². The fourth-order valence-corrected chi connectivity index (χ4v) is 3.73. The molecule has 3 rings (SSSR count). The van der Waals surface area contributed by atoms with Crippen LogP contribution in [-0.4, -0.2) is 9.97 Å². The van der Waals surface area contributed by atoms with E-state index in [0.717, 1.165) is 21.7 Å². The van der Waals surface area contributed by atoms with E-state index in [1.54, 1.807) is 30.3 Å². The monoisotopic (exact) mass is 537 g/mol. The van der Waals surface area contributed by atoms with Crippen molar-refractivity contribution in [1.82, 2.24) is 9.97 Å². The molecule has 0 bridgehead atoms. The summed E-state index contributed by atoms with van der Waals surface area (Å²) >= 11 is 7.65. The van der Waals surface area contributed by atoms with E-state index in [4.69, 9.17) is 23.4 Å². The predicted octanol–water partition coefficient (Wildman–Crippen LogP) is 7.56. The molecule has 0 saturated heterocycles. The molecule has 0 fully saturated rings. The molecule has 0 atom stereocenters. The van der Waals surface area contributed by atoms with Gasteiger partial charge in [-0.25, -0.2) is 14.8 Å². The van der Waals surface area contributed by atoms with Crippen molar-refractivity contribution in [2.45, 2.75) is 31.2 Å². The first-order chi connectivity index (χ1) is 13.0. The lowest BCUT2D eigenvalue weighted by molar-refractivity contribution is 1.05. The zero-order valence-corrected chi connectivity index (χ0v) is 18.9. The lowest BCUT2D eigenvalue weighted by Crippen LogP contribution is -1.98.